The molecule has 4 atom stereocenters. The number of aliphatic hydroxyl groups excluding tert-OH is 1. The van der Waals surface area contributed by atoms with Crippen LogP contribution in [0.25, 0.3) is 0 Å². The summed E-state index contributed by atoms with van der Waals surface area (Å²) in [5.74, 6) is -0.360. The van der Waals surface area contributed by atoms with Crippen molar-refractivity contribution in [2.45, 2.75) is 50.3 Å². The van der Waals surface area contributed by atoms with Gasteiger partial charge in [0.2, 0.25) is 11.9 Å². The van der Waals surface area contributed by atoms with E-state index in [0.717, 1.165) is 0 Å². The summed E-state index contributed by atoms with van der Waals surface area (Å²) in [6, 6.07) is 1.85. The molecule has 3 N–H and O–H groups in total. The fourth-order valence-corrected chi connectivity index (χ4v) is 5.39. The van der Waals surface area contributed by atoms with Crippen LogP contribution in [0.2, 0.25) is 0 Å². The van der Waals surface area contributed by atoms with E-state index < -0.39 is 11.9 Å². The monoisotopic (exact) mass is 568 g/mol. The smallest absolute Gasteiger partial charge is 0.323 e. The Morgan fingerprint density at radius 1 is 1.51 bits per heavy atom. The summed E-state index contributed by atoms with van der Waals surface area (Å²) in [4.78, 5) is 35.5. The van der Waals surface area contributed by atoms with Gasteiger partial charge in [-0.2, -0.15) is 10.2 Å². The van der Waals surface area contributed by atoms with E-state index in [-0.39, 0.29) is 48.1 Å². The first-order chi connectivity index (χ1) is 16.7. The lowest BCUT2D eigenvalue weighted by Crippen LogP contribution is -2.36. The maximum Gasteiger partial charge on any atom is 0.323 e. The van der Waals surface area contributed by atoms with Gasteiger partial charge >= 0.3 is 5.97 Å². The van der Waals surface area contributed by atoms with Gasteiger partial charge in [0, 0.05) is 25.7 Å². The SMILES string of the molecule is C=CCOC(=O)C(C#N)CC1SC(CCNc2ncc(Br)c(N[C@@H](CO)C(C)C)n2)C(=O)N1CC. The number of hydrogen-bond acceptors (Lipinski definition) is 10. The molecule has 2 rings (SSSR count). The number of halogens is 1. The zero-order valence-corrected chi connectivity index (χ0v) is 22.6. The van der Waals surface area contributed by atoms with Gasteiger partial charge in [-0.15, -0.1) is 11.8 Å². The summed E-state index contributed by atoms with van der Waals surface area (Å²) in [6.45, 7) is 10.4. The highest BCUT2D eigenvalue weighted by molar-refractivity contribution is 9.10. The third kappa shape index (κ3) is 8.08. The van der Waals surface area contributed by atoms with E-state index in [4.69, 9.17) is 4.74 Å². The van der Waals surface area contributed by atoms with Crippen molar-refractivity contribution in [3.05, 3.63) is 23.3 Å². The Labute approximate surface area is 219 Å². The van der Waals surface area contributed by atoms with Gasteiger partial charge in [0.05, 0.1) is 33.8 Å². The maximum absolute atomic E-state index is 12.9. The van der Waals surface area contributed by atoms with E-state index in [0.29, 0.717) is 35.7 Å². The highest BCUT2D eigenvalue weighted by Gasteiger charge is 2.41. The molecule has 1 aromatic rings. The zero-order valence-electron chi connectivity index (χ0n) is 20.2. The topological polar surface area (TPSA) is 140 Å². The number of amides is 1. The molecule has 1 amide bonds. The molecule has 1 fully saturated rings. The first-order valence-electron chi connectivity index (χ1n) is 11.5. The average Bonchev–Trinajstić information content (AvgIpc) is 3.14. The number of thioether (sulfide) groups is 1. The number of rotatable bonds is 14. The van der Waals surface area contributed by atoms with Crippen LogP contribution >= 0.6 is 27.7 Å². The fourth-order valence-electron chi connectivity index (χ4n) is 3.49. The molecule has 0 aromatic carbocycles. The van der Waals surface area contributed by atoms with Crippen molar-refractivity contribution in [3.8, 4) is 6.07 Å². The quantitative estimate of drug-likeness (QED) is 0.226. The van der Waals surface area contributed by atoms with E-state index in [1.54, 1.807) is 11.1 Å². The summed E-state index contributed by atoms with van der Waals surface area (Å²) in [7, 11) is 0. The van der Waals surface area contributed by atoms with Gasteiger partial charge < -0.3 is 25.4 Å². The third-order valence-corrected chi connectivity index (χ3v) is 7.65. The first-order valence-corrected chi connectivity index (χ1v) is 13.3. The molecule has 0 bridgehead atoms. The molecule has 1 aromatic heterocycles. The Bertz CT molecular complexity index is 928. The van der Waals surface area contributed by atoms with E-state index in [1.807, 2.05) is 26.8 Å². The van der Waals surface area contributed by atoms with Crippen LogP contribution in [0.15, 0.2) is 23.3 Å². The number of aromatic nitrogens is 2. The van der Waals surface area contributed by atoms with E-state index in [1.165, 1.54) is 17.8 Å². The van der Waals surface area contributed by atoms with Crippen LogP contribution in [-0.2, 0) is 14.3 Å². The number of nitriles is 1. The predicted molar refractivity (Wildman–Crippen MR) is 140 cm³/mol. The number of esters is 1. The van der Waals surface area contributed by atoms with Crippen LogP contribution in [0.3, 0.4) is 0 Å². The molecular formula is C23H33BrN6O4S. The van der Waals surface area contributed by atoms with Crippen molar-refractivity contribution >= 4 is 51.3 Å². The fraction of sp³-hybridized carbons (Fsp3) is 0.609. The Morgan fingerprint density at radius 2 is 2.26 bits per heavy atom. The number of aliphatic hydroxyl groups is 1. The molecule has 1 aliphatic heterocycles. The Balaban J connectivity index is 1.96. The number of nitrogens with zero attached hydrogens (tertiary/aromatic N) is 4. The molecule has 0 saturated carbocycles. The first kappa shape index (κ1) is 28.9. The van der Waals surface area contributed by atoms with Crippen molar-refractivity contribution in [1.82, 2.24) is 14.9 Å². The summed E-state index contributed by atoms with van der Waals surface area (Å²) in [5, 5.41) is 24.8. The molecule has 1 aliphatic rings. The molecule has 0 aliphatic carbocycles. The minimum Gasteiger partial charge on any atom is -0.460 e. The number of anilines is 2. The lowest BCUT2D eigenvalue weighted by Gasteiger charge is -2.23. The van der Waals surface area contributed by atoms with Crippen LogP contribution in [0.5, 0.6) is 0 Å². The van der Waals surface area contributed by atoms with Crippen LogP contribution in [-0.4, -0.2) is 74.8 Å². The predicted octanol–water partition coefficient (Wildman–Crippen LogP) is 3.02. The summed E-state index contributed by atoms with van der Waals surface area (Å²) < 4.78 is 5.70. The van der Waals surface area contributed by atoms with Gasteiger partial charge in [0.25, 0.3) is 0 Å². The Hall–Kier alpha value is -2.36. The van der Waals surface area contributed by atoms with E-state index >= 15 is 0 Å². The molecular weight excluding hydrogens is 536 g/mol. The van der Waals surface area contributed by atoms with Crippen LogP contribution < -0.4 is 10.6 Å². The standard InChI is InChI=1S/C23H33BrN6O4S/c1-5-9-34-22(33)15(11-25)10-19-30(6-2)21(32)18(35-19)7-8-26-23-27-12-16(24)20(29-23)28-17(13-31)14(3)4/h5,12,14-15,17-19,31H,1,6-10,13H2,2-4H3,(H2,26,27,28,29)/t15?,17-,18?,19?/m0/s1. The second kappa shape index (κ2) is 14.3. The van der Waals surface area contributed by atoms with Crippen LogP contribution in [0.1, 0.15) is 33.6 Å². The second-order valence-corrected chi connectivity index (χ2v) is 10.6. The van der Waals surface area contributed by atoms with Gasteiger partial charge in [0.15, 0.2) is 0 Å². The highest BCUT2D eigenvalue weighted by atomic mass is 79.9. The van der Waals surface area contributed by atoms with E-state index in [9.17, 15) is 20.0 Å². The molecule has 35 heavy (non-hydrogen) atoms. The molecule has 1 saturated heterocycles. The highest BCUT2D eigenvalue weighted by Crippen LogP contribution is 2.37. The van der Waals surface area contributed by atoms with Gasteiger partial charge in [-0.25, -0.2) is 4.98 Å². The normalized spacial score (nSPS) is 19.2. The van der Waals surface area contributed by atoms with Crippen LogP contribution in [0, 0.1) is 23.2 Å². The lowest BCUT2D eigenvalue weighted by atomic mass is 10.1. The lowest BCUT2D eigenvalue weighted by molar-refractivity contribution is -0.146. The molecule has 12 heteroatoms. The molecule has 192 valence electrons. The largest absolute Gasteiger partial charge is 0.460 e. The van der Waals surface area contributed by atoms with Gasteiger partial charge in [-0.3, -0.25) is 9.59 Å². The van der Waals surface area contributed by atoms with Gasteiger partial charge in [-0.05, 0) is 35.2 Å². The van der Waals surface area contributed by atoms with Crippen molar-refractivity contribution < 1.29 is 19.4 Å². The van der Waals surface area contributed by atoms with Crippen molar-refractivity contribution in [2.24, 2.45) is 11.8 Å². The van der Waals surface area contributed by atoms with Crippen LogP contribution in [0.4, 0.5) is 11.8 Å². The summed E-state index contributed by atoms with van der Waals surface area (Å²) >= 11 is 4.89. The minimum atomic E-state index is -0.943. The average molecular weight is 570 g/mol. The Kier molecular flexibility index (Phi) is 11.8. The minimum absolute atomic E-state index is 0.0118. The van der Waals surface area contributed by atoms with Gasteiger partial charge in [-0.1, -0.05) is 26.5 Å². The summed E-state index contributed by atoms with van der Waals surface area (Å²) in [5.41, 5.74) is 0. The molecule has 10 nitrogen and oxygen atoms in total. The third-order valence-electron chi connectivity index (χ3n) is 5.55. The van der Waals surface area contributed by atoms with Crippen molar-refractivity contribution in [1.29, 1.82) is 5.26 Å². The van der Waals surface area contributed by atoms with Gasteiger partial charge in [0.1, 0.15) is 18.3 Å². The molecule has 2 heterocycles. The molecule has 3 unspecified atom stereocenters. The number of nitrogens with one attached hydrogen (secondary N) is 2. The number of carbonyl (C=O) groups excluding carboxylic acids is 2. The second-order valence-electron chi connectivity index (χ2n) is 8.32. The number of carbonyl (C=O) groups is 2. The Morgan fingerprint density at radius 3 is 2.86 bits per heavy atom. The van der Waals surface area contributed by atoms with E-state index in [2.05, 4.69) is 43.1 Å². The van der Waals surface area contributed by atoms with Crippen molar-refractivity contribution in [2.75, 3.05) is 36.9 Å². The maximum atomic E-state index is 12.9. The summed E-state index contributed by atoms with van der Waals surface area (Å²) in [6.07, 6.45) is 3.82. The zero-order chi connectivity index (χ0) is 26.0. The molecule has 0 spiro atoms. The number of hydrogen-bond donors (Lipinski definition) is 3. The number of ether oxygens (including phenoxy) is 1. The van der Waals surface area contributed by atoms with Crippen molar-refractivity contribution in [3.63, 3.8) is 0 Å². The molecule has 0 radical (unpaired) electrons.